The largest absolute Gasteiger partial charge is 0.446 e. The zero-order valence-corrected chi connectivity index (χ0v) is 14.2. The number of anilines is 1. The van der Waals surface area contributed by atoms with E-state index in [9.17, 15) is 18.0 Å². The Labute approximate surface area is 152 Å². The number of para-hydroxylation sites is 1. The summed E-state index contributed by atoms with van der Waals surface area (Å²) in [5.74, 6) is -0.382. The molecule has 2 aromatic carbocycles. The van der Waals surface area contributed by atoms with Gasteiger partial charge in [0.15, 0.2) is 0 Å². The third-order valence-electron chi connectivity index (χ3n) is 3.46. The van der Waals surface area contributed by atoms with Crippen LogP contribution in [-0.4, -0.2) is 21.2 Å². The summed E-state index contributed by atoms with van der Waals surface area (Å²) in [4.78, 5) is 12.2. The van der Waals surface area contributed by atoms with Gasteiger partial charge in [-0.1, -0.05) is 24.3 Å². The molecule has 1 heterocycles. The van der Waals surface area contributed by atoms with Gasteiger partial charge in [-0.3, -0.25) is 4.79 Å². The van der Waals surface area contributed by atoms with E-state index in [1.165, 1.54) is 18.2 Å². The summed E-state index contributed by atoms with van der Waals surface area (Å²) >= 11 is -0.248. The van der Waals surface area contributed by atoms with Crippen LogP contribution in [0, 0.1) is 0 Å². The van der Waals surface area contributed by atoms with E-state index >= 15 is 0 Å². The minimum Gasteiger partial charge on any atom is -0.325 e. The van der Waals surface area contributed by atoms with Gasteiger partial charge >= 0.3 is 5.51 Å². The van der Waals surface area contributed by atoms with Crippen LogP contribution in [0.4, 0.5) is 18.9 Å². The van der Waals surface area contributed by atoms with Gasteiger partial charge in [0.05, 0.1) is 17.8 Å². The molecule has 26 heavy (non-hydrogen) atoms. The van der Waals surface area contributed by atoms with Crippen molar-refractivity contribution >= 4 is 23.4 Å². The topological polar surface area (TPSA) is 46.9 Å². The van der Waals surface area contributed by atoms with Gasteiger partial charge in [-0.25, -0.2) is 4.68 Å². The molecule has 0 aliphatic carbocycles. The number of thioether (sulfide) groups is 1. The van der Waals surface area contributed by atoms with Crippen molar-refractivity contribution in [2.24, 2.45) is 0 Å². The normalized spacial score (nSPS) is 11.3. The van der Waals surface area contributed by atoms with E-state index in [1.54, 1.807) is 41.3 Å². The first-order chi connectivity index (χ1) is 12.4. The molecular formula is C18H14F3N3OS. The van der Waals surface area contributed by atoms with Crippen LogP contribution in [0.3, 0.4) is 0 Å². The van der Waals surface area contributed by atoms with E-state index in [0.29, 0.717) is 0 Å². The molecule has 0 saturated carbocycles. The van der Waals surface area contributed by atoms with Gasteiger partial charge in [0.1, 0.15) is 0 Å². The maximum absolute atomic E-state index is 12.6. The first-order valence-corrected chi connectivity index (χ1v) is 8.46. The second kappa shape index (κ2) is 7.65. The Morgan fingerprint density at radius 1 is 1.08 bits per heavy atom. The summed E-state index contributed by atoms with van der Waals surface area (Å²) < 4.78 is 39.5. The number of alkyl halides is 3. The van der Waals surface area contributed by atoms with Crippen LogP contribution in [-0.2, 0) is 11.2 Å². The maximum Gasteiger partial charge on any atom is 0.446 e. The lowest BCUT2D eigenvalue weighted by Crippen LogP contribution is -2.15. The average Bonchev–Trinajstić information content (AvgIpc) is 3.10. The molecule has 0 aliphatic heterocycles. The number of nitrogens with one attached hydrogen (secondary N) is 1. The fourth-order valence-corrected chi connectivity index (χ4v) is 2.98. The smallest absolute Gasteiger partial charge is 0.325 e. The van der Waals surface area contributed by atoms with Crippen molar-refractivity contribution in [3.8, 4) is 5.69 Å². The standard InChI is InChI=1S/C18H14F3N3OS/c19-18(20,21)26-16-5-2-1-4-15(16)23-17(25)12-13-6-8-14(9-7-13)24-11-3-10-22-24/h1-11H,12H2,(H,23,25). The van der Waals surface area contributed by atoms with E-state index in [2.05, 4.69) is 10.4 Å². The molecule has 1 amide bonds. The molecule has 3 rings (SSSR count). The summed E-state index contributed by atoms with van der Waals surface area (Å²) in [6.45, 7) is 0. The number of carbonyl (C=O) groups is 1. The fourth-order valence-electron chi connectivity index (χ4n) is 2.35. The van der Waals surface area contributed by atoms with Gasteiger partial charge in [0.2, 0.25) is 5.91 Å². The van der Waals surface area contributed by atoms with Crippen LogP contribution < -0.4 is 5.32 Å². The lowest BCUT2D eigenvalue weighted by atomic mass is 10.1. The van der Waals surface area contributed by atoms with Gasteiger partial charge in [0, 0.05) is 17.3 Å². The number of rotatable bonds is 5. The van der Waals surface area contributed by atoms with Crippen LogP contribution >= 0.6 is 11.8 Å². The van der Waals surface area contributed by atoms with Crippen LogP contribution in [0.1, 0.15) is 5.56 Å². The van der Waals surface area contributed by atoms with Crippen LogP contribution in [0.15, 0.2) is 71.9 Å². The third-order valence-corrected chi connectivity index (χ3v) is 4.26. The molecule has 0 radical (unpaired) electrons. The number of benzene rings is 2. The van der Waals surface area contributed by atoms with E-state index in [4.69, 9.17) is 0 Å². The Morgan fingerprint density at radius 3 is 2.46 bits per heavy atom. The second-order valence-corrected chi connectivity index (χ2v) is 6.49. The summed E-state index contributed by atoms with van der Waals surface area (Å²) in [6, 6.07) is 14.9. The summed E-state index contributed by atoms with van der Waals surface area (Å²) in [6.07, 6.45) is 3.53. The maximum atomic E-state index is 12.6. The molecule has 8 heteroatoms. The molecule has 0 saturated heterocycles. The number of hydrogen-bond acceptors (Lipinski definition) is 3. The highest BCUT2D eigenvalue weighted by Crippen LogP contribution is 2.40. The first-order valence-electron chi connectivity index (χ1n) is 7.64. The molecule has 0 bridgehead atoms. The zero-order valence-electron chi connectivity index (χ0n) is 13.4. The van der Waals surface area contributed by atoms with Crippen molar-refractivity contribution < 1.29 is 18.0 Å². The Bertz CT molecular complexity index is 877. The monoisotopic (exact) mass is 377 g/mol. The molecule has 0 atom stereocenters. The predicted octanol–water partition coefficient (Wildman–Crippen LogP) is 4.67. The number of carbonyl (C=O) groups excluding carboxylic acids is 1. The van der Waals surface area contributed by atoms with Crippen molar-refractivity contribution in [1.82, 2.24) is 9.78 Å². The van der Waals surface area contributed by atoms with Crippen molar-refractivity contribution in [2.45, 2.75) is 16.8 Å². The van der Waals surface area contributed by atoms with E-state index in [-0.39, 0.29) is 34.7 Å². The minimum absolute atomic E-state index is 0.0395. The SMILES string of the molecule is O=C(Cc1ccc(-n2cccn2)cc1)Nc1ccccc1SC(F)(F)F. The zero-order chi connectivity index (χ0) is 18.6. The van der Waals surface area contributed by atoms with Crippen molar-refractivity contribution in [1.29, 1.82) is 0 Å². The first kappa shape index (κ1) is 18.1. The highest BCUT2D eigenvalue weighted by molar-refractivity contribution is 8.00. The van der Waals surface area contributed by atoms with Crippen LogP contribution in [0.2, 0.25) is 0 Å². The lowest BCUT2D eigenvalue weighted by Gasteiger charge is -2.12. The molecule has 0 aliphatic rings. The van der Waals surface area contributed by atoms with Crippen LogP contribution in [0.5, 0.6) is 0 Å². The average molecular weight is 377 g/mol. The molecule has 0 fully saturated rings. The molecule has 3 aromatic rings. The number of hydrogen-bond donors (Lipinski definition) is 1. The predicted molar refractivity (Wildman–Crippen MR) is 94.3 cm³/mol. The fraction of sp³-hybridized carbons (Fsp3) is 0.111. The molecular weight excluding hydrogens is 363 g/mol. The molecule has 1 N–H and O–H groups in total. The van der Waals surface area contributed by atoms with Gasteiger partial charge in [0.25, 0.3) is 0 Å². The highest BCUT2D eigenvalue weighted by atomic mass is 32.2. The Balaban J connectivity index is 1.66. The molecule has 4 nitrogen and oxygen atoms in total. The Hall–Kier alpha value is -2.74. The molecule has 0 spiro atoms. The van der Waals surface area contributed by atoms with Crippen molar-refractivity contribution in [2.75, 3.05) is 5.32 Å². The third kappa shape index (κ3) is 4.89. The van der Waals surface area contributed by atoms with Gasteiger partial charge in [-0.05, 0) is 47.7 Å². The quantitative estimate of drug-likeness (QED) is 0.658. The lowest BCUT2D eigenvalue weighted by molar-refractivity contribution is -0.115. The molecule has 0 unspecified atom stereocenters. The van der Waals surface area contributed by atoms with E-state index in [0.717, 1.165) is 11.3 Å². The van der Waals surface area contributed by atoms with Gasteiger partial charge in [-0.15, -0.1) is 0 Å². The van der Waals surface area contributed by atoms with Crippen molar-refractivity contribution in [3.63, 3.8) is 0 Å². The number of nitrogens with zero attached hydrogens (tertiary/aromatic N) is 2. The van der Waals surface area contributed by atoms with Crippen LogP contribution in [0.25, 0.3) is 5.69 Å². The summed E-state index contributed by atoms with van der Waals surface area (Å²) in [7, 11) is 0. The van der Waals surface area contributed by atoms with Gasteiger partial charge < -0.3 is 5.32 Å². The van der Waals surface area contributed by atoms with Gasteiger partial charge in [-0.2, -0.15) is 18.3 Å². The van der Waals surface area contributed by atoms with E-state index in [1.807, 2.05) is 12.1 Å². The Morgan fingerprint density at radius 2 is 1.81 bits per heavy atom. The molecule has 134 valence electrons. The number of halogens is 3. The summed E-state index contributed by atoms with van der Waals surface area (Å²) in [5.41, 5.74) is -2.66. The number of aromatic nitrogens is 2. The highest BCUT2D eigenvalue weighted by Gasteiger charge is 2.30. The summed E-state index contributed by atoms with van der Waals surface area (Å²) in [5, 5.41) is 6.66. The minimum atomic E-state index is -4.41. The van der Waals surface area contributed by atoms with Crippen molar-refractivity contribution in [3.05, 3.63) is 72.6 Å². The Kier molecular flexibility index (Phi) is 5.32. The molecule has 1 aromatic heterocycles. The van der Waals surface area contributed by atoms with E-state index < -0.39 is 5.51 Å². The second-order valence-electron chi connectivity index (χ2n) is 5.39. The number of amides is 1.